The van der Waals surface area contributed by atoms with E-state index in [0.717, 1.165) is 5.69 Å². The number of carbonyl (C=O) groups is 1. The number of amides is 1. The van der Waals surface area contributed by atoms with Crippen molar-refractivity contribution in [1.29, 1.82) is 0 Å². The molecule has 0 radical (unpaired) electrons. The summed E-state index contributed by atoms with van der Waals surface area (Å²) in [6.45, 7) is 0.267. The third-order valence-corrected chi connectivity index (χ3v) is 3.19. The van der Waals surface area contributed by atoms with Gasteiger partial charge in [-0.25, -0.2) is 4.39 Å². The highest BCUT2D eigenvalue weighted by molar-refractivity contribution is 7.71. The van der Waals surface area contributed by atoms with Gasteiger partial charge in [-0.1, -0.05) is 6.07 Å². The molecule has 3 aromatic rings. The summed E-state index contributed by atoms with van der Waals surface area (Å²) in [5.74, 6) is -0.897. The minimum Gasteiger partial charge on any atom is -0.346 e. The van der Waals surface area contributed by atoms with E-state index in [4.69, 9.17) is 12.2 Å². The van der Waals surface area contributed by atoms with Crippen molar-refractivity contribution >= 4 is 29.2 Å². The molecule has 7 heteroatoms. The van der Waals surface area contributed by atoms with Crippen LogP contribution in [0, 0.1) is 10.6 Å². The van der Waals surface area contributed by atoms with Crippen molar-refractivity contribution in [2.75, 3.05) is 0 Å². The Bertz CT molecular complexity index is 856. The van der Waals surface area contributed by atoms with Crippen molar-refractivity contribution in [3.63, 3.8) is 0 Å². The number of halogens is 1. The van der Waals surface area contributed by atoms with Crippen molar-refractivity contribution in [2.24, 2.45) is 0 Å². The summed E-state index contributed by atoms with van der Waals surface area (Å²) < 4.78 is 13.9. The summed E-state index contributed by atoms with van der Waals surface area (Å²) in [5.41, 5.74) is 1.87. The highest BCUT2D eigenvalue weighted by Crippen LogP contribution is 2.17. The molecule has 1 amide bonds. The largest absolute Gasteiger partial charge is 0.346 e. The first-order chi connectivity index (χ1) is 10.1. The van der Waals surface area contributed by atoms with Crippen molar-refractivity contribution in [2.45, 2.75) is 6.54 Å². The molecule has 0 aliphatic heterocycles. The van der Waals surface area contributed by atoms with Gasteiger partial charge < -0.3 is 15.3 Å². The molecule has 3 N–H and O–H groups in total. The van der Waals surface area contributed by atoms with Crippen LogP contribution < -0.4 is 5.32 Å². The smallest absolute Gasteiger partial charge is 0.253 e. The second kappa shape index (κ2) is 5.45. The number of carbonyl (C=O) groups excluding carboxylic acids is 1. The summed E-state index contributed by atoms with van der Waals surface area (Å²) >= 11 is 4.97. The van der Waals surface area contributed by atoms with Crippen LogP contribution in [0.15, 0.2) is 36.5 Å². The van der Waals surface area contributed by atoms with Crippen LogP contribution in [-0.2, 0) is 6.54 Å². The lowest BCUT2D eigenvalue weighted by molar-refractivity contribution is 0.0951. The van der Waals surface area contributed by atoms with Gasteiger partial charge >= 0.3 is 0 Å². The first-order valence-corrected chi connectivity index (χ1v) is 6.64. The van der Waals surface area contributed by atoms with E-state index in [1.165, 1.54) is 12.1 Å². The third kappa shape index (κ3) is 2.82. The molecule has 2 aromatic heterocycles. The van der Waals surface area contributed by atoms with Gasteiger partial charge in [-0.2, -0.15) is 0 Å². The van der Waals surface area contributed by atoms with Gasteiger partial charge in [-0.15, -0.1) is 0 Å². The van der Waals surface area contributed by atoms with Gasteiger partial charge in [0.2, 0.25) is 0 Å². The molecule has 1 aromatic carbocycles. The fourth-order valence-corrected chi connectivity index (χ4v) is 2.27. The second-order valence-corrected chi connectivity index (χ2v) is 4.87. The van der Waals surface area contributed by atoms with E-state index in [9.17, 15) is 9.18 Å². The number of hydrogen-bond donors (Lipinski definition) is 3. The summed E-state index contributed by atoms with van der Waals surface area (Å²) in [7, 11) is 0. The first-order valence-electron chi connectivity index (χ1n) is 6.23. The molecular weight excluding hydrogens is 291 g/mol. The lowest BCUT2D eigenvalue weighted by Crippen LogP contribution is -2.23. The predicted molar refractivity (Wildman–Crippen MR) is 78.8 cm³/mol. The van der Waals surface area contributed by atoms with Crippen molar-refractivity contribution < 1.29 is 9.18 Å². The maximum absolute atomic E-state index is 13.6. The van der Waals surface area contributed by atoms with E-state index < -0.39 is 11.7 Å². The zero-order valence-corrected chi connectivity index (χ0v) is 11.6. The van der Waals surface area contributed by atoms with E-state index in [1.54, 1.807) is 18.3 Å². The highest BCUT2D eigenvalue weighted by Gasteiger charge is 2.13. The van der Waals surface area contributed by atoms with Crippen molar-refractivity contribution in [3.8, 4) is 0 Å². The molecular formula is C14H11FN4OS. The van der Waals surface area contributed by atoms with Crippen LogP contribution in [0.25, 0.3) is 11.0 Å². The molecule has 0 unspecified atom stereocenters. The minimum absolute atomic E-state index is 0.202. The van der Waals surface area contributed by atoms with Crippen LogP contribution in [-0.4, -0.2) is 20.9 Å². The molecule has 0 fully saturated rings. The molecule has 0 atom stereocenters. The number of pyridine rings is 1. The number of aromatic amines is 2. The quantitative estimate of drug-likeness (QED) is 0.651. The van der Waals surface area contributed by atoms with E-state index in [1.807, 2.05) is 6.07 Å². The lowest BCUT2D eigenvalue weighted by Gasteiger charge is -2.06. The van der Waals surface area contributed by atoms with Gasteiger partial charge in [0, 0.05) is 6.20 Å². The molecule has 3 rings (SSSR count). The van der Waals surface area contributed by atoms with Gasteiger partial charge in [-0.3, -0.25) is 9.78 Å². The number of hydrogen-bond acceptors (Lipinski definition) is 3. The van der Waals surface area contributed by atoms with E-state index in [2.05, 4.69) is 20.3 Å². The number of nitrogens with one attached hydrogen (secondary N) is 3. The van der Waals surface area contributed by atoms with Gasteiger partial charge in [-0.05, 0) is 36.5 Å². The molecule has 106 valence electrons. The Kier molecular flexibility index (Phi) is 3.49. The van der Waals surface area contributed by atoms with Crippen molar-refractivity contribution in [1.82, 2.24) is 20.3 Å². The number of benzene rings is 1. The maximum Gasteiger partial charge on any atom is 0.253 e. The Hall–Kier alpha value is -2.54. The van der Waals surface area contributed by atoms with Crippen LogP contribution in [0.3, 0.4) is 0 Å². The average Bonchev–Trinajstić information content (AvgIpc) is 2.85. The highest BCUT2D eigenvalue weighted by atomic mass is 32.1. The van der Waals surface area contributed by atoms with Crippen molar-refractivity contribution in [3.05, 3.63) is 58.4 Å². The van der Waals surface area contributed by atoms with Crippen LogP contribution in [0.1, 0.15) is 16.1 Å². The standard InChI is InChI=1S/C14H11FN4OS/c15-8-5-10(12-11(6-8)18-14(21)19-12)13(20)17-7-9-3-1-2-4-16-9/h1-6H,7H2,(H,17,20)(H2,18,19,21). The molecule has 0 aliphatic carbocycles. The van der Waals surface area contributed by atoms with Crippen LogP contribution in [0.5, 0.6) is 0 Å². The third-order valence-electron chi connectivity index (χ3n) is 2.99. The molecule has 0 saturated heterocycles. The zero-order valence-electron chi connectivity index (χ0n) is 10.8. The molecule has 0 spiro atoms. The van der Waals surface area contributed by atoms with E-state index >= 15 is 0 Å². The Balaban J connectivity index is 1.89. The summed E-state index contributed by atoms with van der Waals surface area (Å²) in [6, 6.07) is 7.89. The van der Waals surface area contributed by atoms with Crippen LogP contribution in [0.2, 0.25) is 0 Å². The topological polar surface area (TPSA) is 73.6 Å². The molecule has 0 bridgehead atoms. The minimum atomic E-state index is -0.504. The monoisotopic (exact) mass is 302 g/mol. The number of nitrogens with zero attached hydrogens (tertiary/aromatic N) is 1. The normalized spacial score (nSPS) is 10.7. The van der Waals surface area contributed by atoms with Gasteiger partial charge in [0.15, 0.2) is 4.77 Å². The molecule has 0 saturated carbocycles. The lowest BCUT2D eigenvalue weighted by atomic mass is 10.1. The number of rotatable bonds is 3. The Morgan fingerprint density at radius 2 is 2.19 bits per heavy atom. The number of fused-ring (bicyclic) bond motifs is 1. The summed E-state index contributed by atoms with van der Waals surface area (Å²) in [5, 5.41) is 2.71. The van der Waals surface area contributed by atoms with Gasteiger partial charge in [0.25, 0.3) is 5.91 Å². The Morgan fingerprint density at radius 1 is 1.33 bits per heavy atom. The summed E-state index contributed by atoms with van der Waals surface area (Å²) in [4.78, 5) is 22.0. The number of aromatic nitrogens is 3. The molecule has 0 aliphatic rings. The second-order valence-electron chi connectivity index (χ2n) is 4.46. The molecule has 2 heterocycles. The van der Waals surface area contributed by atoms with E-state index in [0.29, 0.717) is 15.8 Å². The average molecular weight is 302 g/mol. The van der Waals surface area contributed by atoms with Gasteiger partial charge in [0.05, 0.1) is 28.8 Å². The van der Waals surface area contributed by atoms with Crippen LogP contribution >= 0.6 is 12.2 Å². The van der Waals surface area contributed by atoms with Gasteiger partial charge in [0.1, 0.15) is 5.82 Å². The fourth-order valence-electron chi connectivity index (χ4n) is 2.06. The zero-order chi connectivity index (χ0) is 14.8. The Morgan fingerprint density at radius 3 is 2.95 bits per heavy atom. The molecule has 21 heavy (non-hydrogen) atoms. The van der Waals surface area contributed by atoms with Crippen LogP contribution in [0.4, 0.5) is 4.39 Å². The predicted octanol–water partition coefficient (Wildman–Crippen LogP) is 2.69. The fraction of sp³-hybridized carbons (Fsp3) is 0.0714. The molecule has 5 nitrogen and oxygen atoms in total. The number of H-pyrrole nitrogens is 2. The number of imidazole rings is 1. The summed E-state index contributed by atoms with van der Waals surface area (Å²) in [6.07, 6.45) is 1.64. The van der Waals surface area contributed by atoms with E-state index in [-0.39, 0.29) is 12.1 Å². The Labute approximate surface area is 124 Å². The first kappa shape index (κ1) is 13.4. The SMILES string of the molecule is O=C(NCc1ccccn1)c1cc(F)cc2[nH]c(=S)[nH]c12. The maximum atomic E-state index is 13.6.